The molecular weight excluding hydrogens is 218 g/mol. The van der Waals surface area contributed by atoms with Gasteiger partial charge >= 0.3 is 0 Å². The molecule has 1 nitrogen and oxygen atoms in total. The van der Waals surface area contributed by atoms with Crippen LogP contribution >= 0.6 is 0 Å². The first-order valence-electron chi connectivity index (χ1n) is 7.02. The third-order valence-electron chi connectivity index (χ3n) is 3.12. The SMILES string of the molecule is C=C(C)NC1=CCC(C(=C)CC)CC=C1C.CC. The highest BCUT2D eigenvalue weighted by molar-refractivity contribution is 5.32. The Morgan fingerprint density at radius 1 is 1.28 bits per heavy atom. The van der Waals surface area contributed by atoms with Crippen molar-refractivity contribution in [3.05, 3.63) is 47.9 Å². The molecule has 102 valence electrons. The van der Waals surface area contributed by atoms with E-state index in [4.69, 9.17) is 0 Å². The molecule has 0 bridgehead atoms. The van der Waals surface area contributed by atoms with Crippen LogP contribution in [-0.4, -0.2) is 0 Å². The van der Waals surface area contributed by atoms with Gasteiger partial charge in [-0.3, -0.25) is 0 Å². The van der Waals surface area contributed by atoms with Gasteiger partial charge in [0.15, 0.2) is 0 Å². The lowest BCUT2D eigenvalue weighted by atomic mass is 9.92. The van der Waals surface area contributed by atoms with Crippen LogP contribution in [0.3, 0.4) is 0 Å². The normalized spacial score (nSPS) is 18.6. The molecule has 0 spiro atoms. The van der Waals surface area contributed by atoms with Crippen LogP contribution in [-0.2, 0) is 0 Å². The van der Waals surface area contributed by atoms with E-state index in [-0.39, 0.29) is 0 Å². The summed E-state index contributed by atoms with van der Waals surface area (Å²) in [6, 6.07) is 0. The maximum Gasteiger partial charge on any atom is 0.0367 e. The van der Waals surface area contributed by atoms with Gasteiger partial charge in [-0.1, -0.05) is 51.7 Å². The van der Waals surface area contributed by atoms with E-state index < -0.39 is 0 Å². The first-order valence-corrected chi connectivity index (χ1v) is 7.02. The third-order valence-corrected chi connectivity index (χ3v) is 3.12. The van der Waals surface area contributed by atoms with Gasteiger partial charge in [0.25, 0.3) is 0 Å². The molecule has 1 heteroatoms. The molecule has 0 fully saturated rings. The highest BCUT2D eigenvalue weighted by atomic mass is 14.9. The van der Waals surface area contributed by atoms with Crippen molar-refractivity contribution in [3.63, 3.8) is 0 Å². The van der Waals surface area contributed by atoms with Gasteiger partial charge in [0.05, 0.1) is 0 Å². The van der Waals surface area contributed by atoms with E-state index in [9.17, 15) is 0 Å². The number of nitrogens with one attached hydrogen (secondary N) is 1. The molecule has 0 aromatic heterocycles. The van der Waals surface area contributed by atoms with Gasteiger partial charge in [-0.25, -0.2) is 0 Å². The molecule has 0 heterocycles. The molecule has 0 aromatic carbocycles. The molecule has 18 heavy (non-hydrogen) atoms. The van der Waals surface area contributed by atoms with Crippen molar-refractivity contribution in [2.24, 2.45) is 5.92 Å². The summed E-state index contributed by atoms with van der Waals surface area (Å²) in [7, 11) is 0. The van der Waals surface area contributed by atoms with E-state index >= 15 is 0 Å². The average molecular weight is 247 g/mol. The number of hydrogen-bond acceptors (Lipinski definition) is 1. The maximum absolute atomic E-state index is 4.15. The lowest BCUT2D eigenvalue weighted by molar-refractivity contribution is 0.617. The second-order valence-corrected chi connectivity index (χ2v) is 4.59. The van der Waals surface area contributed by atoms with Gasteiger partial charge in [-0.2, -0.15) is 0 Å². The molecule has 0 aliphatic heterocycles. The Kier molecular flexibility index (Phi) is 8.19. The molecule has 0 radical (unpaired) electrons. The molecular formula is C17H29N. The van der Waals surface area contributed by atoms with E-state index in [1.807, 2.05) is 20.8 Å². The Morgan fingerprint density at radius 3 is 2.33 bits per heavy atom. The van der Waals surface area contributed by atoms with E-state index in [2.05, 4.69) is 44.5 Å². The van der Waals surface area contributed by atoms with Crippen LogP contribution in [0.15, 0.2) is 47.9 Å². The average Bonchev–Trinajstić information content (AvgIpc) is 2.54. The van der Waals surface area contributed by atoms with Crippen molar-refractivity contribution in [2.45, 2.75) is 53.9 Å². The van der Waals surface area contributed by atoms with Crippen LogP contribution in [0.1, 0.15) is 53.9 Å². The molecule has 0 amide bonds. The molecule has 0 saturated carbocycles. The minimum atomic E-state index is 0.601. The molecule has 1 aliphatic rings. The molecule has 1 aliphatic carbocycles. The summed E-state index contributed by atoms with van der Waals surface area (Å²) in [5.41, 5.74) is 4.87. The number of hydrogen-bond donors (Lipinski definition) is 1. The van der Waals surface area contributed by atoms with Gasteiger partial charge in [-0.05, 0) is 44.6 Å². The van der Waals surface area contributed by atoms with Crippen molar-refractivity contribution in [2.75, 3.05) is 0 Å². The third kappa shape index (κ3) is 5.39. The summed E-state index contributed by atoms with van der Waals surface area (Å²) >= 11 is 0. The summed E-state index contributed by atoms with van der Waals surface area (Å²) in [6.45, 7) is 18.4. The van der Waals surface area contributed by atoms with E-state index in [0.717, 1.165) is 25.0 Å². The Labute approximate surface area is 113 Å². The number of allylic oxidation sites excluding steroid dienone is 5. The lowest BCUT2D eigenvalue weighted by Gasteiger charge is -2.13. The summed E-state index contributed by atoms with van der Waals surface area (Å²) < 4.78 is 0. The van der Waals surface area contributed by atoms with Crippen molar-refractivity contribution < 1.29 is 0 Å². The van der Waals surface area contributed by atoms with Gasteiger partial charge in [0, 0.05) is 11.4 Å². The summed E-state index contributed by atoms with van der Waals surface area (Å²) in [5.74, 6) is 0.601. The van der Waals surface area contributed by atoms with Gasteiger partial charge < -0.3 is 5.32 Å². The fourth-order valence-electron chi connectivity index (χ4n) is 1.95. The fraction of sp³-hybridized carbons (Fsp3) is 0.529. The minimum Gasteiger partial charge on any atom is -0.360 e. The van der Waals surface area contributed by atoms with E-state index in [1.54, 1.807) is 0 Å². The molecule has 1 N–H and O–H groups in total. The Balaban J connectivity index is 0.00000137. The fourth-order valence-corrected chi connectivity index (χ4v) is 1.95. The van der Waals surface area contributed by atoms with Crippen LogP contribution in [0, 0.1) is 5.92 Å². The predicted molar refractivity (Wildman–Crippen MR) is 83.3 cm³/mol. The standard InChI is InChI=1S/C15H23N.C2H6/c1-6-12(4)14-8-7-13(5)15(10-9-14)16-11(2)3;1-2/h7,10,14,16H,2,4,6,8-9H2,1,3,5H3;1-2H3. The maximum atomic E-state index is 4.15. The molecule has 0 aromatic rings. The smallest absolute Gasteiger partial charge is 0.0367 e. The molecule has 1 rings (SSSR count). The van der Waals surface area contributed by atoms with Gasteiger partial charge in [0.1, 0.15) is 0 Å². The Morgan fingerprint density at radius 2 is 1.83 bits per heavy atom. The van der Waals surface area contributed by atoms with Gasteiger partial charge in [-0.15, -0.1) is 0 Å². The van der Waals surface area contributed by atoms with Crippen LogP contribution in [0.4, 0.5) is 0 Å². The second kappa shape index (κ2) is 8.79. The second-order valence-electron chi connectivity index (χ2n) is 4.59. The predicted octanol–water partition coefficient (Wildman–Crippen LogP) is 5.34. The molecule has 0 saturated heterocycles. The van der Waals surface area contributed by atoms with Crippen molar-refractivity contribution in [1.29, 1.82) is 0 Å². The zero-order valence-corrected chi connectivity index (χ0v) is 12.8. The van der Waals surface area contributed by atoms with Crippen LogP contribution in [0.2, 0.25) is 0 Å². The van der Waals surface area contributed by atoms with Crippen LogP contribution < -0.4 is 5.32 Å². The van der Waals surface area contributed by atoms with E-state index in [1.165, 1.54) is 16.8 Å². The Bertz CT molecular complexity index is 345. The zero-order chi connectivity index (χ0) is 14.1. The highest BCUT2D eigenvalue weighted by Gasteiger charge is 2.13. The first kappa shape index (κ1) is 16.8. The first-order chi connectivity index (χ1) is 8.54. The zero-order valence-electron chi connectivity index (χ0n) is 12.8. The molecule has 1 unspecified atom stereocenters. The lowest BCUT2D eigenvalue weighted by Crippen LogP contribution is -2.10. The summed E-state index contributed by atoms with van der Waals surface area (Å²) in [6.07, 6.45) is 7.85. The summed E-state index contributed by atoms with van der Waals surface area (Å²) in [5, 5.41) is 3.32. The largest absolute Gasteiger partial charge is 0.360 e. The Hall–Kier alpha value is -1.24. The summed E-state index contributed by atoms with van der Waals surface area (Å²) in [4.78, 5) is 0. The van der Waals surface area contributed by atoms with E-state index in [0.29, 0.717) is 5.92 Å². The minimum absolute atomic E-state index is 0.601. The number of rotatable bonds is 4. The van der Waals surface area contributed by atoms with Crippen LogP contribution in [0.25, 0.3) is 0 Å². The van der Waals surface area contributed by atoms with Crippen molar-refractivity contribution in [3.8, 4) is 0 Å². The topological polar surface area (TPSA) is 12.0 Å². The monoisotopic (exact) mass is 247 g/mol. The molecule has 1 atom stereocenters. The highest BCUT2D eigenvalue weighted by Crippen LogP contribution is 2.27. The van der Waals surface area contributed by atoms with Crippen molar-refractivity contribution >= 4 is 0 Å². The van der Waals surface area contributed by atoms with Gasteiger partial charge in [0.2, 0.25) is 0 Å². The quantitative estimate of drug-likeness (QED) is 0.661. The van der Waals surface area contributed by atoms with Crippen LogP contribution in [0.5, 0.6) is 0 Å². The van der Waals surface area contributed by atoms with Crippen molar-refractivity contribution in [1.82, 2.24) is 5.32 Å².